The second kappa shape index (κ2) is 18.6. The second-order valence-electron chi connectivity index (χ2n) is 14.9. The van der Waals surface area contributed by atoms with Crippen molar-refractivity contribution >= 4 is 35.4 Å². The number of benzene rings is 4. The lowest BCUT2D eigenvalue weighted by atomic mass is 9.88. The molecule has 4 aromatic rings. The molecule has 300 valence electrons. The number of hydrogen-bond acceptors (Lipinski definition) is 9. The largest absolute Gasteiger partial charge is 0.489 e. The van der Waals surface area contributed by atoms with Gasteiger partial charge in [-0.1, -0.05) is 91.0 Å². The highest BCUT2D eigenvalue weighted by Crippen LogP contribution is 2.39. The highest BCUT2D eigenvalue weighted by molar-refractivity contribution is 6.05. The van der Waals surface area contributed by atoms with E-state index in [0.717, 1.165) is 11.1 Å². The predicted octanol–water partition coefficient (Wildman–Crippen LogP) is 3.60. The van der Waals surface area contributed by atoms with Crippen molar-refractivity contribution in [1.82, 2.24) is 21.3 Å². The minimum Gasteiger partial charge on any atom is -0.489 e. The van der Waals surface area contributed by atoms with Gasteiger partial charge in [0.25, 0.3) is 5.91 Å². The van der Waals surface area contributed by atoms with Crippen molar-refractivity contribution in [3.05, 3.63) is 131 Å². The highest BCUT2D eigenvalue weighted by Gasteiger charge is 2.48. The number of para-hydroxylation sites is 1. The minimum atomic E-state index is -2.20. The summed E-state index contributed by atoms with van der Waals surface area (Å²) >= 11 is 0. The van der Waals surface area contributed by atoms with Crippen LogP contribution in [0.25, 0.3) is 0 Å². The molecule has 14 heteroatoms. The Morgan fingerprint density at radius 3 is 1.98 bits per heavy atom. The van der Waals surface area contributed by atoms with Gasteiger partial charge in [0.2, 0.25) is 17.7 Å². The Balaban J connectivity index is 1.33. The van der Waals surface area contributed by atoms with Gasteiger partial charge in [0.1, 0.15) is 36.1 Å². The topological polar surface area (TPSA) is 204 Å². The number of amides is 5. The Bertz CT molecular complexity index is 2020. The van der Waals surface area contributed by atoms with Crippen molar-refractivity contribution in [2.24, 2.45) is 0 Å². The first-order chi connectivity index (χ1) is 27.1. The summed E-state index contributed by atoms with van der Waals surface area (Å²) in [7, 11) is 0. The molecule has 0 aliphatic carbocycles. The van der Waals surface area contributed by atoms with Gasteiger partial charge in [0, 0.05) is 30.6 Å². The number of aliphatic hydroxyl groups is 2. The van der Waals surface area contributed by atoms with Crippen LogP contribution >= 0.6 is 0 Å². The summed E-state index contributed by atoms with van der Waals surface area (Å²) < 4.78 is 11.3. The van der Waals surface area contributed by atoms with Gasteiger partial charge in [-0.15, -0.1) is 0 Å². The third-order valence-electron chi connectivity index (χ3n) is 9.12. The number of ether oxygens (including phenoxy) is 2. The second-order valence-corrected chi connectivity index (χ2v) is 14.9. The zero-order valence-corrected chi connectivity index (χ0v) is 32.3. The third-order valence-corrected chi connectivity index (χ3v) is 9.12. The fourth-order valence-electron chi connectivity index (χ4n) is 6.19. The van der Waals surface area contributed by atoms with E-state index >= 15 is 0 Å². The maximum Gasteiger partial charge on any atom is 0.408 e. The van der Waals surface area contributed by atoms with Crippen molar-refractivity contribution < 1.29 is 43.7 Å². The Hall–Kier alpha value is -6.25. The fraction of sp³-hybridized carbons (Fsp3) is 0.326. The lowest BCUT2D eigenvalue weighted by Crippen LogP contribution is -2.61. The van der Waals surface area contributed by atoms with Crippen LogP contribution in [-0.4, -0.2) is 69.8 Å². The lowest BCUT2D eigenvalue weighted by Gasteiger charge is -2.30. The number of carbonyl (C=O) groups is 5. The molecule has 14 nitrogen and oxygen atoms in total. The van der Waals surface area contributed by atoms with Crippen LogP contribution in [0.1, 0.15) is 56.4 Å². The van der Waals surface area contributed by atoms with Crippen LogP contribution in [0, 0.1) is 0 Å². The average molecular weight is 780 g/mol. The van der Waals surface area contributed by atoms with E-state index in [1.165, 1.54) is 13.0 Å². The van der Waals surface area contributed by atoms with Crippen LogP contribution in [0.15, 0.2) is 109 Å². The van der Waals surface area contributed by atoms with Crippen LogP contribution in [0.3, 0.4) is 0 Å². The number of nitrogens with one attached hydrogen (secondary N) is 5. The molecule has 4 aromatic carbocycles. The van der Waals surface area contributed by atoms with Gasteiger partial charge >= 0.3 is 6.09 Å². The summed E-state index contributed by atoms with van der Waals surface area (Å²) in [4.78, 5) is 67.6. The van der Waals surface area contributed by atoms with E-state index in [1.807, 2.05) is 36.4 Å². The van der Waals surface area contributed by atoms with E-state index in [0.29, 0.717) is 23.6 Å². The SMILES string of the molecule is CC(O)[C@@H](NC(=O)[C@H](Cc1ccc(OCc2ccccc2)cc1)NC(=O)OC(C)(C)C)C(=O)N[C@@H](C[C@]1(O)C(=O)Nc2ccccc21)C(=O)NCc1ccccc1. The van der Waals surface area contributed by atoms with Gasteiger partial charge < -0.3 is 46.3 Å². The van der Waals surface area contributed by atoms with E-state index in [9.17, 15) is 34.2 Å². The van der Waals surface area contributed by atoms with E-state index in [-0.39, 0.29) is 18.5 Å². The van der Waals surface area contributed by atoms with Gasteiger partial charge in [-0.3, -0.25) is 19.2 Å². The van der Waals surface area contributed by atoms with Crippen molar-refractivity contribution in [2.45, 2.75) is 89.1 Å². The molecule has 0 fully saturated rings. The summed E-state index contributed by atoms with van der Waals surface area (Å²) in [5.41, 5.74) is -0.139. The number of anilines is 1. The lowest BCUT2D eigenvalue weighted by molar-refractivity contribution is -0.140. The Morgan fingerprint density at radius 1 is 0.737 bits per heavy atom. The molecule has 5 rings (SSSR count). The fourth-order valence-corrected chi connectivity index (χ4v) is 6.19. The molecule has 0 saturated carbocycles. The Morgan fingerprint density at radius 2 is 1.35 bits per heavy atom. The van der Waals surface area contributed by atoms with Gasteiger partial charge in [-0.05, 0) is 62.6 Å². The molecule has 5 atom stereocenters. The Labute approximate surface area is 331 Å². The van der Waals surface area contributed by atoms with Crippen LogP contribution in [-0.2, 0) is 49.1 Å². The van der Waals surface area contributed by atoms with E-state index in [1.54, 1.807) is 87.5 Å². The van der Waals surface area contributed by atoms with E-state index < -0.39 is 71.6 Å². The monoisotopic (exact) mass is 779 g/mol. The molecule has 1 unspecified atom stereocenters. The number of fused-ring (bicyclic) bond motifs is 1. The van der Waals surface area contributed by atoms with Gasteiger partial charge in [0.05, 0.1) is 6.10 Å². The van der Waals surface area contributed by atoms with Crippen molar-refractivity contribution in [1.29, 1.82) is 0 Å². The first kappa shape index (κ1) is 41.9. The number of aliphatic hydroxyl groups excluding tert-OH is 1. The van der Waals surface area contributed by atoms with E-state index in [4.69, 9.17) is 9.47 Å². The number of rotatable bonds is 16. The number of hydrogen-bond donors (Lipinski definition) is 7. The number of alkyl carbamates (subject to hydrolysis) is 1. The van der Waals surface area contributed by atoms with Gasteiger partial charge in [0.15, 0.2) is 5.60 Å². The predicted molar refractivity (Wildman–Crippen MR) is 211 cm³/mol. The molecule has 5 amide bonds. The standard InChI is InChI=1S/C43H49N5O9/c1-27(49)36(39(52)45-35(37(50)44-25-29-13-7-5-8-14-29)24-43(55)32-17-11-12-18-33(32)46-40(43)53)48-38(51)34(47-41(54)57-42(2,3)4)23-28-19-21-31(22-20-28)56-26-30-15-9-6-10-16-30/h5-22,27,34-36,49,55H,23-26H2,1-4H3,(H,44,50)(H,45,52)(H,46,53)(H,47,54)(H,48,51)/t27?,34-,35-,36+,43+/m0/s1. The maximum atomic E-state index is 13.9. The quantitative estimate of drug-likeness (QED) is 0.0887. The zero-order chi connectivity index (χ0) is 41.2. The molecule has 0 radical (unpaired) electrons. The van der Waals surface area contributed by atoms with Gasteiger partial charge in [-0.25, -0.2) is 4.79 Å². The Kier molecular flexibility index (Phi) is 13.7. The third kappa shape index (κ3) is 11.6. The van der Waals surface area contributed by atoms with Crippen molar-refractivity contribution in [3.8, 4) is 5.75 Å². The normalized spacial score (nSPS) is 16.8. The molecular formula is C43H49N5O9. The smallest absolute Gasteiger partial charge is 0.408 e. The first-order valence-electron chi connectivity index (χ1n) is 18.6. The van der Waals surface area contributed by atoms with Gasteiger partial charge in [-0.2, -0.15) is 0 Å². The molecule has 7 N–H and O–H groups in total. The van der Waals surface area contributed by atoms with Crippen LogP contribution < -0.4 is 31.3 Å². The van der Waals surface area contributed by atoms with Crippen molar-refractivity contribution in [3.63, 3.8) is 0 Å². The number of carbonyl (C=O) groups excluding carboxylic acids is 5. The molecular weight excluding hydrogens is 730 g/mol. The summed E-state index contributed by atoms with van der Waals surface area (Å²) in [5, 5.41) is 35.4. The summed E-state index contributed by atoms with van der Waals surface area (Å²) in [6.07, 6.45) is -2.99. The molecule has 0 saturated heterocycles. The van der Waals surface area contributed by atoms with E-state index in [2.05, 4.69) is 26.6 Å². The average Bonchev–Trinajstić information content (AvgIpc) is 3.43. The molecule has 57 heavy (non-hydrogen) atoms. The van der Waals surface area contributed by atoms with Crippen LogP contribution in [0.2, 0.25) is 0 Å². The minimum absolute atomic E-state index is 0.0374. The van der Waals surface area contributed by atoms with Crippen LogP contribution in [0.4, 0.5) is 10.5 Å². The molecule has 1 aliphatic heterocycles. The highest BCUT2D eigenvalue weighted by atomic mass is 16.6. The molecule has 0 spiro atoms. The maximum absolute atomic E-state index is 13.9. The molecule has 0 aromatic heterocycles. The first-order valence-corrected chi connectivity index (χ1v) is 18.6. The summed E-state index contributed by atoms with van der Waals surface area (Å²) in [5.74, 6) is -2.75. The molecule has 1 aliphatic rings. The summed E-state index contributed by atoms with van der Waals surface area (Å²) in [6.45, 7) is 6.69. The molecule has 0 bridgehead atoms. The molecule has 1 heterocycles. The van der Waals surface area contributed by atoms with Crippen molar-refractivity contribution in [2.75, 3.05) is 5.32 Å². The summed E-state index contributed by atoms with van der Waals surface area (Å²) in [6, 6.07) is 27.5. The zero-order valence-electron chi connectivity index (χ0n) is 32.3. The van der Waals surface area contributed by atoms with Crippen LogP contribution in [0.5, 0.6) is 5.75 Å².